The van der Waals surface area contributed by atoms with Gasteiger partial charge in [-0.1, -0.05) is 24.3 Å². The largest absolute Gasteiger partial charge is 0.384 e. The maximum atomic E-state index is 12.6. The van der Waals surface area contributed by atoms with Crippen LogP contribution in [0.2, 0.25) is 0 Å². The molecule has 0 saturated heterocycles. The van der Waals surface area contributed by atoms with Gasteiger partial charge in [0.1, 0.15) is 0 Å². The highest BCUT2D eigenvalue weighted by atomic mass is 16.2. The summed E-state index contributed by atoms with van der Waals surface area (Å²) in [5.41, 5.74) is 5.16. The van der Waals surface area contributed by atoms with Crippen LogP contribution in [0.15, 0.2) is 42.5 Å². The molecule has 1 aliphatic rings. The van der Waals surface area contributed by atoms with Crippen molar-refractivity contribution in [1.29, 1.82) is 0 Å². The second kappa shape index (κ2) is 5.00. The van der Waals surface area contributed by atoms with Crippen LogP contribution >= 0.6 is 0 Å². The molecular formula is C17H18N2O. The molecule has 2 aromatic rings. The van der Waals surface area contributed by atoms with E-state index in [0.29, 0.717) is 0 Å². The van der Waals surface area contributed by atoms with Crippen LogP contribution in [0.5, 0.6) is 0 Å². The fourth-order valence-corrected chi connectivity index (χ4v) is 2.67. The summed E-state index contributed by atoms with van der Waals surface area (Å²) in [6.45, 7) is 2.98. The van der Waals surface area contributed by atoms with E-state index in [1.165, 1.54) is 5.56 Å². The van der Waals surface area contributed by atoms with Crippen molar-refractivity contribution >= 4 is 17.3 Å². The third-order valence-corrected chi connectivity index (χ3v) is 3.85. The highest BCUT2D eigenvalue weighted by Crippen LogP contribution is 2.25. The number of anilines is 2. The van der Waals surface area contributed by atoms with E-state index in [-0.39, 0.29) is 5.91 Å². The summed E-state index contributed by atoms with van der Waals surface area (Å²) >= 11 is 0. The summed E-state index contributed by atoms with van der Waals surface area (Å²) < 4.78 is 0. The Hall–Kier alpha value is -2.29. The third-order valence-electron chi connectivity index (χ3n) is 3.85. The Balaban J connectivity index is 1.91. The molecule has 3 nitrogen and oxygen atoms in total. The number of para-hydroxylation sites is 1. The van der Waals surface area contributed by atoms with Crippen LogP contribution in [0.25, 0.3) is 0 Å². The van der Waals surface area contributed by atoms with Crippen LogP contribution in [0.1, 0.15) is 21.5 Å². The molecule has 3 heteroatoms. The van der Waals surface area contributed by atoms with Gasteiger partial charge in [0, 0.05) is 30.5 Å². The van der Waals surface area contributed by atoms with Crippen LogP contribution in [0.4, 0.5) is 11.4 Å². The maximum Gasteiger partial charge on any atom is 0.258 e. The highest BCUT2D eigenvalue weighted by molar-refractivity contribution is 6.06. The Morgan fingerprint density at radius 1 is 1.20 bits per heavy atom. The molecule has 1 amide bonds. The first-order valence-electron chi connectivity index (χ1n) is 6.87. The molecule has 0 saturated carbocycles. The quantitative estimate of drug-likeness (QED) is 0.905. The zero-order chi connectivity index (χ0) is 14.1. The van der Waals surface area contributed by atoms with E-state index in [0.717, 1.165) is 35.5 Å². The molecular weight excluding hydrogens is 248 g/mol. The fourth-order valence-electron chi connectivity index (χ4n) is 2.67. The average Bonchev–Trinajstić information content (AvgIpc) is 2.93. The van der Waals surface area contributed by atoms with Crippen LogP contribution < -0.4 is 10.2 Å². The molecule has 1 heterocycles. The van der Waals surface area contributed by atoms with Crippen molar-refractivity contribution in [1.82, 2.24) is 0 Å². The lowest BCUT2D eigenvalue weighted by atomic mass is 10.1. The van der Waals surface area contributed by atoms with Gasteiger partial charge in [0.05, 0.1) is 0 Å². The second-order valence-corrected chi connectivity index (χ2v) is 5.20. The number of amides is 1. The zero-order valence-electron chi connectivity index (χ0n) is 11.8. The Labute approximate surface area is 119 Å². The van der Waals surface area contributed by atoms with Crippen LogP contribution in [0.3, 0.4) is 0 Å². The number of carbonyl (C=O) groups is 1. The molecule has 1 N–H and O–H groups in total. The Morgan fingerprint density at radius 2 is 2.00 bits per heavy atom. The molecule has 0 spiro atoms. The minimum atomic E-state index is 0.0239. The van der Waals surface area contributed by atoms with Gasteiger partial charge in [0.25, 0.3) is 5.91 Å². The summed E-state index contributed by atoms with van der Waals surface area (Å²) in [6, 6.07) is 13.9. The van der Waals surface area contributed by atoms with E-state index in [9.17, 15) is 4.79 Å². The normalized spacial score (nSPS) is 12.7. The molecule has 0 unspecified atom stereocenters. The molecule has 2 aromatic carbocycles. The fraction of sp³-hybridized carbons (Fsp3) is 0.235. The standard InChI is InChI=1S/C17H18N2O/c1-12-5-3-4-6-16(12)19(2)17(20)14-8-7-13-9-10-18-15(13)11-14/h3-8,11,18H,9-10H2,1-2H3. The molecule has 0 aliphatic carbocycles. The smallest absolute Gasteiger partial charge is 0.258 e. The van der Waals surface area contributed by atoms with E-state index in [1.807, 2.05) is 56.4 Å². The highest BCUT2D eigenvalue weighted by Gasteiger charge is 2.17. The Kier molecular flexibility index (Phi) is 3.18. The molecule has 0 fully saturated rings. The van der Waals surface area contributed by atoms with E-state index >= 15 is 0 Å². The van der Waals surface area contributed by atoms with Gasteiger partial charge in [0.15, 0.2) is 0 Å². The molecule has 0 bridgehead atoms. The van der Waals surface area contributed by atoms with Gasteiger partial charge >= 0.3 is 0 Å². The topological polar surface area (TPSA) is 32.3 Å². The van der Waals surface area contributed by atoms with E-state index in [1.54, 1.807) is 4.90 Å². The Bertz CT molecular complexity index is 664. The van der Waals surface area contributed by atoms with E-state index < -0.39 is 0 Å². The number of rotatable bonds is 2. The van der Waals surface area contributed by atoms with Gasteiger partial charge in [-0.15, -0.1) is 0 Å². The van der Waals surface area contributed by atoms with Crippen molar-refractivity contribution in [2.45, 2.75) is 13.3 Å². The first kappa shape index (κ1) is 12.7. The molecule has 0 radical (unpaired) electrons. The first-order valence-corrected chi connectivity index (χ1v) is 6.87. The van der Waals surface area contributed by atoms with Crippen molar-refractivity contribution < 1.29 is 4.79 Å². The van der Waals surface area contributed by atoms with Crippen molar-refractivity contribution in [3.8, 4) is 0 Å². The number of hydrogen-bond acceptors (Lipinski definition) is 2. The molecule has 1 aliphatic heterocycles. The number of fused-ring (bicyclic) bond motifs is 1. The summed E-state index contributed by atoms with van der Waals surface area (Å²) in [7, 11) is 1.82. The maximum absolute atomic E-state index is 12.6. The molecule has 20 heavy (non-hydrogen) atoms. The van der Waals surface area contributed by atoms with Crippen molar-refractivity contribution in [3.05, 3.63) is 59.2 Å². The third kappa shape index (κ3) is 2.16. The first-order chi connectivity index (χ1) is 9.66. The monoisotopic (exact) mass is 266 g/mol. The van der Waals surface area contributed by atoms with Gasteiger partial charge in [-0.2, -0.15) is 0 Å². The molecule has 0 aromatic heterocycles. The molecule has 0 atom stereocenters. The van der Waals surface area contributed by atoms with Gasteiger partial charge in [-0.05, 0) is 42.7 Å². The van der Waals surface area contributed by atoms with Gasteiger partial charge in [0.2, 0.25) is 0 Å². The number of nitrogens with zero attached hydrogens (tertiary/aromatic N) is 1. The van der Waals surface area contributed by atoms with Crippen molar-refractivity contribution in [2.75, 3.05) is 23.8 Å². The van der Waals surface area contributed by atoms with Crippen LogP contribution in [0, 0.1) is 6.92 Å². The van der Waals surface area contributed by atoms with E-state index in [2.05, 4.69) is 5.32 Å². The Morgan fingerprint density at radius 3 is 2.80 bits per heavy atom. The number of hydrogen-bond donors (Lipinski definition) is 1. The number of benzene rings is 2. The number of carbonyl (C=O) groups excluding carboxylic acids is 1. The minimum Gasteiger partial charge on any atom is -0.384 e. The van der Waals surface area contributed by atoms with Crippen LogP contribution in [-0.2, 0) is 6.42 Å². The van der Waals surface area contributed by atoms with Gasteiger partial charge in [-0.3, -0.25) is 4.79 Å². The number of nitrogens with one attached hydrogen (secondary N) is 1. The SMILES string of the molecule is Cc1ccccc1N(C)C(=O)c1ccc2c(c1)NCC2. The summed E-state index contributed by atoms with van der Waals surface area (Å²) in [5.74, 6) is 0.0239. The van der Waals surface area contributed by atoms with Crippen molar-refractivity contribution in [2.24, 2.45) is 0 Å². The predicted octanol–water partition coefficient (Wildman–Crippen LogP) is 3.24. The second-order valence-electron chi connectivity index (χ2n) is 5.20. The van der Waals surface area contributed by atoms with Crippen LogP contribution in [-0.4, -0.2) is 19.5 Å². The summed E-state index contributed by atoms with van der Waals surface area (Å²) in [5, 5.41) is 3.31. The minimum absolute atomic E-state index is 0.0239. The zero-order valence-corrected chi connectivity index (χ0v) is 11.8. The summed E-state index contributed by atoms with van der Waals surface area (Å²) in [4.78, 5) is 14.3. The van der Waals surface area contributed by atoms with Gasteiger partial charge in [-0.25, -0.2) is 0 Å². The predicted molar refractivity (Wildman–Crippen MR) is 82.5 cm³/mol. The lowest BCUT2D eigenvalue weighted by molar-refractivity contribution is 0.0993. The van der Waals surface area contributed by atoms with Crippen molar-refractivity contribution in [3.63, 3.8) is 0 Å². The number of aryl methyl sites for hydroxylation is 1. The molecule has 102 valence electrons. The lowest BCUT2D eigenvalue weighted by Crippen LogP contribution is -2.26. The average molecular weight is 266 g/mol. The van der Waals surface area contributed by atoms with Gasteiger partial charge < -0.3 is 10.2 Å². The lowest BCUT2D eigenvalue weighted by Gasteiger charge is -2.20. The molecule has 3 rings (SSSR count). The summed E-state index contributed by atoms with van der Waals surface area (Å²) in [6.07, 6.45) is 1.04. The van der Waals surface area contributed by atoms with E-state index in [4.69, 9.17) is 0 Å².